The van der Waals surface area contributed by atoms with Crippen LogP contribution in [-0.2, 0) is 14.3 Å². The average Bonchev–Trinajstić information content (AvgIpc) is 2.53. The number of ether oxygens (including phenoxy) is 1. The number of amides is 1. The average molecular weight is 324 g/mol. The Morgan fingerprint density at radius 1 is 1.17 bits per heavy atom. The predicted molar refractivity (Wildman–Crippen MR) is 94.9 cm³/mol. The quantitative estimate of drug-likeness (QED) is 0.265. The lowest BCUT2D eigenvalue weighted by molar-refractivity contribution is -0.142. The smallest absolute Gasteiger partial charge is 0.306 e. The van der Waals surface area contributed by atoms with Crippen LogP contribution >= 0.6 is 0 Å². The fraction of sp³-hybridized carbons (Fsp3) is 0.667. The van der Waals surface area contributed by atoms with Crippen molar-refractivity contribution in [1.82, 2.24) is 10.6 Å². The van der Waals surface area contributed by atoms with E-state index >= 15 is 0 Å². The zero-order valence-corrected chi connectivity index (χ0v) is 14.8. The van der Waals surface area contributed by atoms with E-state index < -0.39 is 0 Å². The van der Waals surface area contributed by atoms with Crippen molar-refractivity contribution in [2.45, 2.75) is 52.4 Å². The SMILES string of the molecule is C#CCOC(=O)CCC.C/C=C/C(=O)NCCCCCCNC. The lowest BCUT2D eigenvalue weighted by atomic mass is 10.2. The first-order valence-corrected chi connectivity index (χ1v) is 8.26. The molecule has 0 rings (SSSR count). The maximum atomic E-state index is 11.0. The molecule has 23 heavy (non-hydrogen) atoms. The second-order valence-electron chi connectivity index (χ2n) is 4.92. The van der Waals surface area contributed by atoms with E-state index in [-0.39, 0.29) is 18.5 Å². The highest BCUT2D eigenvalue weighted by molar-refractivity contribution is 5.87. The van der Waals surface area contributed by atoms with E-state index in [9.17, 15) is 9.59 Å². The molecule has 0 aromatic carbocycles. The lowest BCUT2D eigenvalue weighted by Crippen LogP contribution is -2.21. The van der Waals surface area contributed by atoms with Crippen LogP contribution in [0.1, 0.15) is 52.4 Å². The largest absolute Gasteiger partial charge is 0.452 e. The van der Waals surface area contributed by atoms with Crippen molar-refractivity contribution < 1.29 is 14.3 Å². The van der Waals surface area contributed by atoms with Crippen molar-refractivity contribution in [3.63, 3.8) is 0 Å². The molecule has 0 unspecified atom stereocenters. The first-order valence-electron chi connectivity index (χ1n) is 8.26. The van der Waals surface area contributed by atoms with Gasteiger partial charge in [0.15, 0.2) is 6.61 Å². The standard InChI is InChI=1S/C11H22N2O.C7H10O2/c1-3-8-11(14)13-10-7-5-4-6-9-12-2;1-3-5-7(8)9-6-4-2/h3,8,12H,4-7,9-10H2,1-2H3,(H,13,14);2H,3,5-6H2,1H3/b8-3+;. The van der Waals surface area contributed by atoms with Crippen LogP contribution in [0.5, 0.6) is 0 Å². The number of rotatable bonds is 11. The third-order valence-electron chi connectivity index (χ3n) is 2.74. The minimum atomic E-state index is -0.213. The summed E-state index contributed by atoms with van der Waals surface area (Å²) >= 11 is 0. The molecule has 0 aliphatic rings. The number of carbonyl (C=O) groups is 2. The summed E-state index contributed by atoms with van der Waals surface area (Å²) in [6.45, 7) is 5.74. The van der Waals surface area contributed by atoms with E-state index in [1.54, 1.807) is 12.2 Å². The maximum Gasteiger partial charge on any atom is 0.306 e. The number of carbonyl (C=O) groups excluding carboxylic acids is 2. The summed E-state index contributed by atoms with van der Waals surface area (Å²) in [5.41, 5.74) is 0. The van der Waals surface area contributed by atoms with Crippen LogP contribution in [0, 0.1) is 12.3 Å². The zero-order chi connectivity index (χ0) is 17.8. The Hall–Kier alpha value is -1.80. The van der Waals surface area contributed by atoms with Crippen molar-refractivity contribution in [1.29, 1.82) is 0 Å². The number of nitrogens with one attached hydrogen (secondary N) is 2. The van der Waals surface area contributed by atoms with Crippen LogP contribution in [0.4, 0.5) is 0 Å². The lowest BCUT2D eigenvalue weighted by Gasteiger charge is -2.02. The van der Waals surface area contributed by atoms with Gasteiger partial charge in [-0.15, -0.1) is 6.42 Å². The van der Waals surface area contributed by atoms with E-state index in [1.807, 2.05) is 20.9 Å². The summed E-state index contributed by atoms with van der Waals surface area (Å²) in [6.07, 6.45) is 14.2. The van der Waals surface area contributed by atoms with E-state index in [0.717, 1.165) is 25.9 Å². The normalized spacial score (nSPS) is 9.65. The molecule has 0 radical (unpaired) electrons. The summed E-state index contributed by atoms with van der Waals surface area (Å²) < 4.78 is 4.56. The highest BCUT2D eigenvalue weighted by Crippen LogP contribution is 1.97. The number of hydrogen-bond donors (Lipinski definition) is 2. The van der Waals surface area contributed by atoms with Crippen molar-refractivity contribution in [2.75, 3.05) is 26.7 Å². The number of esters is 1. The molecule has 0 atom stereocenters. The van der Waals surface area contributed by atoms with Crippen LogP contribution in [0.3, 0.4) is 0 Å². The van der Waals surface area contributed by atoms with Crippen molar-refractivity contribution in [3.05, 3.63) is 12.2 Å². The van der Waals surface area contributed by atoms with Gasteiger partial charge in [0.2, 0.25) is 5.91 Å². The first-order chi connectivity index (χ1) is 11.1. The van der Waals surface area contributed by atoms with Gasteiger partial charge >= 0.3 is 5.97 Å². The Balaban J connectivity index is 0. The molecule has 1 amide bonds. The topological polar surface area (TPSA) is 67.4 Å². The van der Waals surface area contributed by atoms with Gasteiger partial charge in [0.05, 0.1) is 0 Å². The van der Waals surface area contributed by atoms with Crippen molar-refractivity contribution in [2.24, 2.45) is 0 Å². The molecular formula is C18H32N2O3. The first kappa shape index (κ1) is 23.5. The molecule has 132 valence electrons. The second-order valence-corrected chi connectivity index (χ2v) is 4.92. The highest BCUT2D eigenvalue weighted by atomic mass is 16.5. The number of terminal acetylenes is 1. The van der Waals surface area contributed by atoms with Crippen molar-refractivity contribution in [3.8, 4) is 12.3 Å². The monoisotopic (exact) mass is 324 g/mol. The molecule has 0 spiro atoms. The fourth-order valence-corrected chi connectivity index (χ4v) is 1.60. The van der Waals surface area contributed by atoms with Gasteiger partial charge < -0.3 is 15.4 Å². The minimum Gasteiger partial charge on any atom is -0.452 e. The Morgan fingerprint density at radius 3 is 2.35 bits per heavy atom. The van der Waals surface area contributed by atoms with Crippen LogP contribution in [0.25, 0.3) is 0 Å². The molecule has 0 bridgehead atoms. The second kappa shape index (κ2) is 20.2. The van der Waals surface area contributed by atoms with Crippen LogP contribution in [0.2, 0.25) is 0 Å². The molecule has 0 aliphatic heterocycles. The maximum absolute atomic E-state index is 11.0. The fourth-order valence-electron chi connectivity index (χ4n) is 1.60. The Morgan fingerprint density at radius 2 is 1.83 bits per heavy atom. The highest BCUT2D eigenvalue weighted by Gasteiger charge is 1.96. The molecule has 0 saturated heterocycles. The minimum absolute atomic E-state index is 0.0164. The van der Waals surface area contributed by atoms with E-state index in [2.05, 4.69) is 21.3 Å². The van der Waals surface area contributed by atoms with Gasteiger partial charge in [0.25, 0.3) is 0 Å². The number of allylic oxidation sites excluding steroid dienone is 1. The van der Waals surface area contributed by atoms with Gasteiger partial charge in [0.1, 0.15) is 0 Å². The summed E-state index contributed by atoms with van der Waals surface area (Å²) in [5.74, 6) is 2.02. The zero-order valence-electron chi connectivity index (χ0n) is 14.8. The Kier molecular flexibility index (Phi) is 20.6. The Labute approximate surface area is 141 Å². The predicted octanol–water partition coefficient (Wildman–Crippen LogP) is 2.42. The molecule has 5 heteroatoms. The summed E-state index contributed by atoms with van der Waals surface area (Å²) in [4.78, 5) is 21.5. The van der Waals surface area contributed by atoms with Gasteiger partial charge in [-0.1, -0.05) is 31.8 Å². The molecular weight excluding hydrogens is 292 g/mol. The van der Waals surface area contributed by atoms with Crippen LogP contribution < -0.4 is 10.6 Å². The molecule has 0 fully saturated rings. The van der Waals surface area contributed by atoms with E-state index in [1.165, 1.54) is 19.3 Å². The molecule has 0 aromatic rings. The molecule has 0 heterocycles. The third kappa shape index (κ3) is 22.6. The van der Waals surface area contributed by atoms with Gasteiger partial charge in [-0.25, -0.2) is 0 Å². The Bertz CT molecular complexity index is 360. The van der Waals surface area contributed by atoms with Crippen LogP contribution in [-0.4, -0.2) is 38.6 Å². The third-order valence-corrected chi connectivity index (χ3v) is 2.74. The van der Waals surface area contributed by atoms with Gasteiger partial charge in [0, 0.05) is 13.0 Å². The summed E-state index contributed by atoms with van der Waals surface area (Å²) in [7, 11) is 1.97. The molecule has 0 aliphatic carbocycles. The van der Waals surface area contributed by atoms with E-state index in [4.69, 9.17) is 6.42 Å². The van der Waals surface area contributed by atoms with Crippen LogP contribution in [0.15, 0.2) is 12.2 Å². The molecule has 0 aromatic heterocycles. The number of unbranched alkanes of at least 4 members (excludes halogenated alkanes) is 3. The van der Waals surface area contributed by atoms with Gasteiger partial charge in [-0.05, 0) is 45.9 Å². The molecule has 0 saturated carbocycles. The van der Waals surface area contributed by atoms with Gasteiger partial charge in [-0.2, -0.15) is 0 Å². The van der Waals surface area contributed by atoms with Gasteiger partial charge in [-0.3, -0.25) is 9.59 Å². The number of hydrogen-bond acceptors (Lipinski definition) is 4. The summed E-state index contributed by atoms with van der Waals surface area (Å²) in [5, 5.41) is 5.95. The van der Waals surface area contributed by atoms with E-state index in [0.29, 0.717) is 6.42 Å². The molecule has 5 nitrogen and oxygen atoms in total. The van der Waals surface area contributed by atoms with Crippen molar-refractivity contribution >= 4 is 11.9 Å². The summed E-state index contributed by atoms with van der Waals surface area (Å²) in [6, 6.07) is 0. The molecule has 2 N–H and O–H groups in total.